The third kappa shape index (κ3) is 2.58. The Kier molecular flexibility index (Phi) is 3.42. The highest BCUT2D eigenvalue weighted by molar-refractivity contribution is 14.1. The van der Waals surface area contributed by atoms with Gasteiger partial charge in [0.2, 0.25) is 0 Å². The number of fused-ring (bicyclic) bond motifs is 1. The second kappa shape index (κ2) is 5.21. The highest BCUT2D eigenvalue weighted by Gasteiger charge is 2.16. The van der Waals surface area contributed by atoms with Crippen molar-refractivity contribution >= 4 is 28.4 Å². The fourth-order valence-corrected chi connectivity index (χ4v) is 2.52. The first-order chi connectivity index (χ1) is 9.24. The molecule has 1 heterocycles. The Bertz CT molecular complexity index is 637. The Morgan fingerprint density at radius 3 is 2.47 bits per heavy atom. The van der Waals surface area contributed by atoms with E-state index in [1.54, 1.807) is 18.2 Å². The van der Waals surface area contributed by atoms with Crippen molar-refractivity contribution in [2.24, 2.45) is 0 Å². The number of ether oxygens (including phenoxy) is 2. The van der Waals surface area contributed by atoms with E-state index in [0.29, 0.717) is 35.8 Å². The van der Waals surface area contributed by atoms with E-state index in [-0.39, 0.29) is 5.78 Å². The van der Waals surface area contributed by atoms with E-state index in [2.05, 4.69) is 22.6 Å². The third-order valence-electron chi connectivity index (χ3n) is 2.89. The van der Waals surface area contributed by atoms with Crippen LogP contribution in [0.3, 0.4) is 0 Å². The highest BCUT2D eigenvalue weighted by Crippen LogP contribution is 2.31. The van der Waals surface area contributed by atoms with Crippen LogP contribution in [0.4, 0.5) is 0 Å². The van der Waals surface area contributed by atoms with Crippen molar-refractivity contribution in [3.63, 3.8) is 0 Å². The molecule has 0 N–H and O–H groups in total. The van der Waals surface area contributed by atoms with Gasteiger partial charge >= 0.3 is 0 Å². The Balaban J connectivity index is 1.96. The highest BCUT2D eigenvalue weighted by atomic mass is 127. The summed E-state index contributed by atoms with van der Waals surface area (Å²) in [6, 6.07) is 12.8. The minimum absolute atomic E-state index is 0.00418. The van der Waals surface area contributed by atoms with Crippen molar-refractivity contribution in [1.29, 1.82) is 0 Å². The molecule has 0 unspecified atom stereocenters. The van der Waals surface area contributed by atoms with E-state index in [1.807, 2.05) is 24.3 Å². The third-order valence-corrected chi connectivity index (χ3v) is 3.56. The molecule has 0 fully saturated rings. The molecule has 0 aromatic heterocycles. The van der Waals surface area contributed by atoms with Crippen LogP contribution in [0.2, 0.25) is 0 Å². The molecular weight excluding hydrogens is 355 g/mol. The Hall–Kier alpha value is -1.56. The van der Waals surface area contributed by atoms with Crippen LogP contribution < -0.4 is 9.47 Å². The Morgan fingerprint density at radius 2 is 1.68 bits per heavy atom. The standard InChI is InChI=1S/C15H11IO3/c16-12-3-1-2-10(8-12)15(17)11-4-5-13-14(9-11)19-7-6-18-13/h1-5,8-9H,6-7H2. The van der Waals surface area contributed by atoms with Crippen LogP contribution in [-0.2, 0) is 0 Å². The fraction of sp³-hybridized carbons (Fsp3) is 0.133. The van der Waals surface area contributed by atoms with Crippen LogP contribution in [0.25, 0.3) is 0 Å². The minimum atomic E-state index is -0.00418. The molecule has 0 radical (unpaired) electrons. The number of hydrogen-bond donors (Lipinski definition) is 0. The largest absolute Gasteiger partial charge is 0.486 e. The maximum absolute atomic E-state index is 12.4. The zero-order valence-electron chi connectivity index (χ0n) is 10.1. The van der Waals surface area contributed by atoms with E-state index >= 15 is 0 Å². The van der Waals surface area contributed by atoms with Crippen molar-refractivity contribution in [2.75, 3.05) is 13.2 Å². The molecule has 0 atom stereocenters. The van der Waals surface area contributed by atoms with Gasteiger partial charge in [0.05, 0.1) is 0 Å². The summed E-state index contributed by atoms with van der Waals surface area (Å²) in [7, 11) is 0. The van der Waals surface area contributed by atoms with Crippen LogP contribution in [0, 0.1) is 3.57 Å². The predicted molar refractivity (Wildman–Crippen MR) is 80.0 cm³/mol. The molecule has 0 saturated carbocycles. The number of rotatable bonds is 2. The summed E-state index contributed by atoms with van der Waals surface area (Å²) in [5.41, 5.74) is 1.30. The van der Waals surface area contributed by atoms with E-state index in [4.69, 9.17) is 9.47 Å². The van der Waals surface area contributed by atoms with Crippen LogP contribution in [0.5, 0.6) is 11.5 Å². The molecule has 0 amide bonds. The first kappa shape index (κ1) is 12.5. The molecule has 96 valence electrons. The maximum atomic E-state index is 12.4. The van der Waals surface area contributed by atoms with Crippen molar-refractivity contribution < 1.29 is 14.3 Å². The number of carbonyl (C=O) groups is 1. The van der Waals surface area contributed by atoms with Crippen LogP contribution in [0.1, 0.15) is 15.9 Å². The van der Waals surface area contributed by atoms with Gasteiger partial charge in [-0.25, -0.2) is 0 Å². The quantitative estimate of drug-likeness (QED) is 0.605. The van der Waals surface area contributed by atoms with E-state index in [1.165, 1.54) is 0 Å². The molecule has 1 aliphatic heterocycles. The lowest BCUT2D eigenvalue weighted by atomic mass is 10.0. The lowest BCUT2D eigenvalue weighted by Gasteiger charge is -2.18. The summed E-state index contributed by atoms with van der Waals surface area (Å²) in [4.78, 5) is 12.4. The molecule has 0 aliphatic carbocycles. The van der Waals surface area contributed by atoms with Gasteiger partial charge in [-0.15, -0.1) is 0 Å². The molecule has 2 aromatic carbocycles. The predicted octanol–water partition coefficient (Wildman–Crippen LogP) is 3.29. The van der Waals surface area contributed by atoms with Crippen molar-refractivity contribution in [2.45, 2.75) is 0 Å². The maximum Gasteiger partial charge on any atom is 0.193 e. The number of ketones is 1. The van der Waals surface area contributed by atoms with Crippen LogP contribution >= 0.6 is 22.6 Å². The van der Waals surface area contributed by atoms with Crippen molar-refractivity contribution in [3.8, 4) is 11.5 Å². The fourth-order valence-electron chi connectivity index (χ4n) is 1.98. The molecule has 4 heteroatoms. The summed E-state index contributed by atoms with van der Waals surface area (Å²) in [6.07, 6.45) is 0. The van der Waals surface area contributed by atoms with Crippen LogP contribution in [-0.4, -0.2) is 19.0 Å². The number of hydrogen-bond acceptors (Lipinski definition) is 3. The van der Waals surface area contributed by atoms with Gasteiger partial charge in [-0.2, -0.15) is 0 Å². The van der Waals surface area contributed by atoms with Crippen molar-refractivity contribution in [1.82, 2.24) is 0 Å². The second-order valence-corrected chi connectivity index (χ2v) is 5.44. The smallest absolute Gasteiger partial charge is 0.193 e. The van der Waals surface area contributed by atoms with Gasteiger partial charge in [0, 0.05) is 14.7 Å². The van der Waals surface area contributed by atoms with Gasteiger partial charge in [0.15, 0.2) is 17.3 Å². The van der Waals surface area contributed by atoms with Crippen molar-refractivity contribution in [3.05, 3.63) is 57.2 Å². The van der Waals surface area contributed by atoms with E-state index < -0.39 is 0 Å². The minimum Gasteiger partial charge on any atom is -0.486 e. The number of carbonyl (C=O) groups excluding carboxylic acids is 1. The lowest BCUT2D eigenvalue weighted by molar-refractivity contribution is 0.103. The molecule has 19 heavy (non-hydrogen) atoms. The molecule has 0 saturated heterocycles. The molecule has 0 bridgehead atoms. The monoisotopic (exact) mass is 366 g/mol. The molecule has 2 aromatic rings. The zero-order chi connectivity index (χ0) is 13.2. The van der Waals surface area contributed by atoms with Gasteiger partial charge in [-0.3, -0.25) is 4.79 Å². The Morgan fingerprint density at radius 1 is 0.947 bits per heavy atom. The van der Waals surface area contributed by atoms with Gasteiger partial charge in [0.25, 0.3) is 0 Å². The summed E-state index contributed by atoms with van der Waals surface area (Å²) in [6.45, 7) is 1.07. The van der Waals surface area contributed by atoms with Gasteiger partial charge in [0.1, 0.15) is 13.2 Å². The van der Waals surface area contributed by atoms with Gasteiger partial charge < -0.3 is 9.47 Å². The molecule has 1 aliphatic rings. The number of benzene rings is 2. The van der Waals surface area contributed by atoms with Gasteiger partial charge in [-0.1, -0.05) is 12.1 Å². The van der Waals surface area contributed by atoms with Crippen LogP contribution in [0.15, 0.2) is 42.5 Å². The first-order valence-corrected chi connectivity index (χ1v) is 7.02. The zero-order valence-corrected chi connectivity index (χ0v) is 12.2. The number of halogens is 1. The summed E-state index contributed by atoms with van der Waals surface area (Å²) in [5.74, 6) is 1.34. The average molecular weight is 366 g/mol. The summed E-state index contributed by atoms with van der Waals surface area (Å²) in [5, 5.41) is 0. The summed E-state index contributed by atoms with van der Waals surface area (Å²) < 4.78 is 12.0. The molecule has 3 nitrogen and oxygen atoms in total. The molecule has 0 spiro atoms. The average Bonchev–Trinajstić information content (AvgIpc) is 2.46. The molecular formula is C15H11IO3. The van der Waals surface area contributed by atoms with Gasteiger partial charge in [-0.05, 0) is 52.9 Å². The lowest BCUT2D eigenvalue weighted by Crippen LogP contribution is -2.15. The Labute approximate surface area is 124 Å². The topological polar surface area (TPSA) is 35.5 Å². The molecule has 3 rings (SSSR count). The summed E-state index contributed by atoms with van der Waals surface area (Å²) >= 11 is 2.20. The van der Waals surface area contributed by atoms with E-state index in [0.717, 1.165) is 3.57 Å². The SMILES string of the molecule is O=C(c1cccc(I)c1)c1ccc2c(c1)OCCO2. The first-order valence-electron chi connectivity index (χ1n) is 5.94. The second-order valence-electron chi connectivity index (χ2n) is 4.20. The normalized spacial score (nSPS) is 13.1. The van der Waals surface area contributed by atoms with E-state index in [9.17, 15) is 4.79 Å².